The molecule has 5 nitrogen and oxygen atoms in total. The zero-order valence-electron chi connectivity index (χ0n) is 28.9. The number of nitrogens with zero attached hydrogens (tertiary/aromatic N) is 1. The van der Waals surface area contributed by atoms with E-state index in [-0.39, 0.29) is 44.9 Å². The van der Waals surface area contributed by atoms with Crippen molar-refractivity contribution in [3.8, 4) is 0 Å². The van der Waals surface area contributed by atoms with Crippen molar-refractivity contribution in [1.29, 1.82) is 0 Å². The van der Waals surface area contributed by atoms with Gasteiger partial charge in [0.05, 0.1) is 17.7 Å². The smallest absolute Gasteiger partial charge is 0.311 e. The second kappa shape index (κ2) is 11.0. The van der Waals surface area contributed by atoms with Crippen LogP contribution < -0.4 is 0 Å². The Morgan fingerprint density at radius 3 is 2.40 bits per heavy atom. The van der Waals surface area contributed by atoms with E-state index >= 15 is 0 Å². The Labute approximate surface area is 275 Å². The van der Waals surface area contributed by atoms with Gasteiger partial charge in [0, 0.05) is 21.9 Å². The fourth-order valence-electron chi connectivity index (χ4n) is 11.4. The first-order chi connectivity index (χ1) is 21.1. The van der Waals surface area contributed by atoms with Crippen molar-refractivity contribution in [2.24, 2.45) is 55.4 Å². The van der Waals surface area contributed by atoms with E-state index in [1.165, 1.54) is 5.57 Å². The van der Waals surface area contributed by atoms with Crippen LogP contribution in [0, 0.1) is 50.2 Å². The monoisotopic (exact) mass is 635 g/mol. The van der Waals surface area contributed by atoms with Crippen LogP contribution in [0.3, 0.4) is 0 Å². The van der Waals surface area contributed by atoms with Gasteiger partial charge in [-0.1, -0.05) is 82.1 Å². The van der Waals surface area contributed by atoms with Crippen LogP contribution in [0.4, 0.5) is 0 Å². The molecule has 0 bridgehead atoms. The normalized spacial score (nSPS) is 42.9. The molecule has 8 atom stereocenters. The number of esters is 1. The first-order valence-corrected chi connectivity index (χ1v) is 17.8. The van der Waals surface area contributed by atoms with Gasteiger partial charge in [0.2, 0.25) is 0 Å². The number of rotatable bonds is 5. The van der Waals surface area contributed by atoms with Gasteiger partial charge in [-0.15, -0.1) is 0 Å². The summed E-state index contributed by atoms with van der Waals surface area (Å²) in [7, 11) is 0. The Morgan fingerprint density at radius 1 is 0.978 bits per heavy atom. The number of hydrogen-bond acceptors (Lipinski definition) is 5. The van der Waals surface area contributed by atoms with Gasteiger partial charge >= 0.3 is 5.97 Å². The molecule has 5 aliphatic carbocycles. The Balaban J connectivity index is 1.31. The minimum absolute atomic E-state index is 0.0354. The van der Waals surface area contributed by atoms with Crippen molar-refractivity contribution >= 4 is 29.1 Å². The van der Waals surface area contributed by atoms with Gasteiger partial charge in [-0.25, -0.2) is 0 Å². The van der Waals surface area contributed by atoms with Crippen LogP contribution in [0.2, 0.25) is 5.02 Å². The molecule has 0 amide bonds. The molecule has 0 unspecified atom stereocenters. The first-order valence-electron chi connectivity index (χ1n) is 17.4. The van der Waals surface area contributed by atoms with Crippen molar-refractivity contribution in [2.45, 2.75) is 120 Å². The third-order valence-corrected chi connectivity index (χ3v) is 14.8. The molecule has 0 N–H and O–H groups in total. The topological polar surface area (TPSA) is 65.0 Å². The van der Waals surface area contributed by atoms with Gasteiger partial charge in [0.15, 0.2) is 5.78 Å². The average Bonchev–Trinajstić information content (AvgIpc) is 2.97. The summed E-state index contributed by atoms with van der Waals surface area (Å²) in [5.41, 5.74) is 2.45. The molecule has 0 heterocycles. The molecular weight excluding hydrogens is 582 g/mol. The van der Waals surface area contributed by atoms with Crippen molar-refractivity contribution in [3.63, 3.8) is 0 Å². The van der Waals surface area contributed by atoms with Gasteiger partial charge < -0.3 is 9.57 Å². The van der Waals surface area contributed by atoms with E-state index in [4.69, 9.17) is 26.3 Å². The maximum Gasteiger partial charge on any atom is 0.311 e. The average molecular weight is 636 g/mol. The molecule has 0 aliphatic heterocycles. The largest absolute Gasteiger partial charge is 0.466 e. The standard InChI is InChI=1S/C39H54ClNO4/c1-9-44-33(43)36(5)19-18-35(4)20-21-38(7)26(27(35)23-36)22-29(42)32-37(6)16-15-31(34(2,3)30(37)14-17-39(32,38)8)41-45-24-25-12-10-11-13-28(25)40/h10-13,22,27,30,32H,9,14-21,23-24H2,1-8H3/b41-31+/t27-,30-,32+,35+,36-,37-,38+,39+/m0/s1. The van der Waals surface area contributed by atoms with Crippen molar-refractivity contribution in [3.05, 3.63) is 46.5 Å². The molecule has 5 aliphatic rings. The van der Waals surface area contributed by atoms with E-state index in [1.54, 1.807) is 0 Å². The van der Waals surface area contributed by atoms with E-state index < -0.39 is 5.41 Å². The summed E-state index contributed by atoms with van der Waals surface area (Å²) in [5.74, 6) is 0.765. The number of halogens is 1. The number of hydrogen-bond donors (Lipinski definition) is 0. The Kier molecular flexibility index (Phi) is 7.98. The van der Waals surface area contributed by atoms with Crippen LogP contribution in [0.25, 0.3) is 0 Å². The summed E-state index contributed by atoms with van der Waals surface area (Å²) >= 11 is 6.36. The maximum atomic E-state index is 14.7. The van der Waals surface area contributed by atoms with Gasteiger partial charge in [-0.2, -0.15) is 0 Å². The third-order valence-electron chi connectivity index (χ3n) is 14.5. The molecule has 4 saturated carbocycles. The van der Waals surface area contributed by atoms with Crippen LogP contribution in [0.15, 0.2) is 41.1 Å². The van der Waals surface area contributed by atoms with Gasteiger partial charge in [-0.3, -0.25) is 9.59 Å². The fraction of sp³-hybridized carbons (Fsp3) is 0.718. The van der Waals surface area contributed by atoms with Crippen LogP contribution in [0.5, 0.6) is 0 Å². The highest BCUT2D eigenvalue weighted by Crippen LogP contribution is 2.75. The van der Waals surface area contributed by atoms with Crippen LogP contribution in [0.1, 0.15) is 119 Å². The molecule has 4 fully saturated rings. The number of oxime groups is 1. The molecular formula is C39H54ClNO4. The summed E-state index contributed by atoms with van der Waals surface area (Å²) in [4.78, 5) is 33.8. The lowest BCUT2D eigenvalue weighted by molar-refractivity contribution is -0.177. The van der Waals surface area contributed by atoms with Crippen LogP contribution in [-0.2, 0) is 25.8 Å². The molecule has 6 heteroatoms. The maximum absolute atomic E-state index is 14.7. The Bertz CT molecular complexity index is 1450. The number of carbonyl (C=O) groups is 2. The van der Waals surface area contributed by atoms with E-state index in [0.29, 0.717) is 29.9 Å². The van der Waals surface area contributed by atoms with Crippen molar-refractivity contribution in [2.75, 3.05) is 6.61 Å². The number of ether oxygens (including phenoxy) is 1. The zero-order chi connectivity index (χ0) is 32.6. The number of fused-ring (bicyclic) bond motifs is 7. The highest BCUT2D eigenvalue weighted by molar-refractivity contribution is 6.31. The summed E-state index contributed by atoms with van der Waals surface area (Å²) in [5, 5.41) is 5.42. The van der Waals surface area contributed by atoms with E-state index in [0.717, 1.165) is 69.1 Å². The Hall–Kier alpha value is -2.14. The lowest BCUT2D eigenvalue weighted by Crippen LogP contribution is -2.66. The summed E-state index contributed by atoms with van der Waals surface area (Å²) in [6.45, 7) is 19.1. The summed E-state index contributed by atoms with van der Waals surface area (Å²) in [6.07, 6.45) is 10.8. The second-order valence-electron chi connectivity index (χ2n) is 17.1. The van der Waals surface area contributed by atoms with Crippen molar-refractivity contribution in [1.82, 2.24) is 0 Å². The minimum atomic E-state index is -0.499. The number of allylic oxidation sites excluding steroid dienone is 2. The molecule has 0 radical (unpaired) electrons. The molecule has 0 spiro atoms. The highest BCUT2D eigenvalue weighted by Gasteiger charge is 2.70. The van der Waals surface area contributed by atoms with Crippen LogP contribution >= 0.6 is 11.6 Å². The predicted molar refractivity (Wildman–Crippen MR) is 180 cm³/mol. The molecule has 1 aromatic carbocycles. The second-order valence-corrected chi connectivity index (χ2v) is 17.5. The van der Waals surface area contributed by atoms with E-state index in [9.17, 15) is 9.59 Å². The van der Waals surface area contributed by atoms with E-state index in [2.05, 4.69) is 54.5 Å². The summed E-state index contributed by atoms with van der Waals surface area (Å²) in [6, 6.07) is 7.74. The molecule has 6 rings (SSSR count). The lowest BCUT2D eigenvalue weighted by Gasteiger charge is -2.70. The number of carbonyl (C=O) groups excluding carboxylic acids is 2. The van der Waals surface area contributed by atoms with Gasteiger partial charge in [-0.05, 0) is 117 Å². The predicted octanol–water partition coefficient (Wildman–Crippen LogP) is 9.76. The lowest BCUT2D eigenvalue weighted by atomic mass is 9.33. The molecule has 45 heavy (non-hydrogen) atoms. The SMILES string of the molecule is CCOC(=O)[C@@]1(C)CC[C@]2(C)CC[C@]3(C)C(=CC(=O)[C@@H]4[C@@]5(C)CC/C(=N\OCc6ccccc6Cl)C(C)(C)[C@@H]5CC[C@]43C)[C@@H]2C1. The minimum Gasteiger partial charge on any atom is -0.466 e. The number of ketones is 1. The van der Waals surface area contributed by atoms with Gasteiger partial charge in [0.25, 0.3) is 0 Å². The highest BCUT2D eigenvalue weighted by atomic mass is 35.5. The molecule has 0 saturated heterocycles. The zero-order valence-corrected chi connectivity index (χ0v) is 29.6. The Morgan fingerprint density at radius 2 is 1.69 bits per heavy atom. The quantitative estimate of drug-likeness (QED) is 0.239. The van der Waals surface area contributed by atoms with Crippen molar-refractivity contribution < 1.29 is 19.2 Å². The van der Waals surface area contributed by atoms with E-state index in [1.807, 2.05) is 31.2 Å². The van der Waals surface area contributed by atoms with Gasteiger partial charge in [0.1, 0.15) is 6.61 Å². The first kappa shape index (κ1) is 32.8. The van der Waals surface area contributed by atoms with Crippen LogP contribution in [-0.4, -0.2) is 24.1 Å². The third kappa shape index (κ3) is 4.79. The molecule has 1 aromatic rings. The molecule has 246 valence electrons. The fourth-order valence-corrected chi connectivity index (χ4v) is 11.6. The molecule has 0 aromatic heterocycles. The number of benzene rings is 1. The summed E-state index contributed by atoms with van der Waals surface area (Å²) < 4.78 is 5.59.